The van der Waals surface area contributed by atoms with Crippen LogP contribution in [-0.4, -0.2) is 42.9 Å². The number of aromatic nitrogens is 1. The lowest BCUT2D eigenvalue weighted by Gasteiger charge is -2.21. The summed E-state index contributed by atoms with van der Waals surface area (Å²) in [5, 5.41) is 0. The molecule has 174 valence electrons. The Hall–Kier alpha value is -2.75. The van der Waals surface area contributed by atoms with E-state index in [-0.39, 0.29) is 11.4 Å². The van der Waals surface area contributed by atoms with Gasteiger partial charge >= 0.3 is 0 Å². The van der Waals surface area contributed by atoms with Gasteiger partial charge in [0.2, 0.25) is 10.0 Å². The molecule has 1 atom stereocenters. The standard InChI is InChI=1S/C24H27N3O4S2/c1-5-12-26-21-14-16(2)17(3)15-22(21)32-24(26)25-23(28)20-7-6-13-27(20)33(29,30)19-10-8-18(31-4)9-11-19/h5,8-11,14-15,20H,1,6-7,12-13H2,2-4H3. The van der Waals surface area contributed by atoms with Crippen LogP contribution in [0.15, 0.2) is 58.9 Å². The number of hydrogen-bond donors (Lipinski definition) is 0. The normalized spacial score (nSPS) is 17.5. The van der Waals surface area contributed by atoms with Crippen molar-refractivity contribution < 1.29 is 17.9 Å². The van der Waals surface area contributed by atoms with Gasteiger partial charge in [-0.3, -0.25) is 4.79 Å². The van der Waals surface area contributed by atoms with E-state index in [1.165, 1.54) is 40.4 Å². The van der Waals surface area contributed by atoms with Gasteiger partial charge in [0.25, 0.3) is 5.91 Å². The average Bonchev–Trinajstić information content (AvgIpc) is 3.41. The van der Waals surface area contributed by atoms with E-state index < -0.39 is 22.0 Å². The number of amides is 1. The minimum absolute atomic E-state index is 0.137. The number of benzene rings is 2. The number of aryl methyl sites for hydroxylation is 2. The molecule has 0 N–H and O–H groups in total. The molecular weight excluding hydrogens is 458 g/mol. The summed E-state index contributed by atoms with van der Waals surface area (Å²) in [5.41, 5.74) is 3.31. The van der Waals surface area contributed by atoms with Gasteiger partial charge in [-0.1, -0.05) is 17.4 Å². The molecule has 2 aromatic carbocycles. The summed E-state index contributed by atoms with van der Waals surface area (Å²) >= 11 is 1.43. The molecule has 9 heteroatoms. The van der Waals surface area contributed by atoms with E-state index in [2.05, 4.69) is 30.6 Å². The summed E-state index contributed by atoms with van der Waals surface area (Å²) in [6.07, 6.45) is 2.82. The van der Waals surface area contributed by atoms with E-state index in [9.17, 15) is 13.2 Å². The fraction of sp³-hybridized carbons (Fsp3) is 0.333. The van der Waals surface area contributed by atoms with Gasteiger partial charge in [0.1, 0.15) is 11.8 Å². The van der Waals surface area contributed by atoms with Gasteiger partial charge in [-0.25, -0.2) is 8.42 Å². The fourth-order valence-electron chi connectivity index (χ4n) is 4.04. The first-order valence-corrected chi connectivity index (χ1v) is 13.0. The Morgan fingerprint density at radius 2 is 1.94 bits per heavy atom. The van der Waals surface area contributed by atoms with Crippen molar-refractivity contribution in [2.45, 2.75) is 44.2 Å². The van der Waals surface area contributed by atoms with E-state index in [0.717, 1.165) is 15.8 Å². The monoisotopic (exact) mass is 485 g/mol. The van der Waals surface area contributed by atoms with Crippen LogP contribution in [0, 0.1) is 13.8 Å². The van der Waals surface area contributed by atoms with Crippen LogP contribution in [0.4, 0.5) is 0 Å². The number of carbonyl (C=O) groups excluding carboxylic acids is 1. The molecule has 33 heavy (non-hydrogen) atoms. The topological polar surface area (TPSA) is 81.0 Å². The Labute approximate surface area is 197 Å². The smallest absolute Gasteiger partial charge is 0.266 e. The quantitative estimate of drug-likeness (QED) is 0.498. The van der Waals surface area contributed by atoms with Gasteiger partial charge in [-0.15, -0.1) is 6.58 Å². The summed E-state index contributed by atoms with van der Waals surface area (Å²) in [7, 11) is -2.31. The summed E-state index contributed by atoms with van der Waals surface area (Å²) < 4.78 is 35.9. The van der Waals surface area contributed by atoms with Gasteiger partial charge in [0.05, 0.1) is 22.2 Å². The van der Waals surface area contributed by atoms with Crippen LogP contribution in [0.25, 0.3) is 10.2 Å². The van der Waals surface area contributed by atoms with E-state index in [4.69, 9.17) is 4.74 Å². The fourth-order valence-corrected chi connectivity index (χ4v) is 6.81. The molecule has 2 heterocycles. The van der Waals surface area contributed by atoms with E-state index in [1.807, 2.05) is 11.5 Å². The zero-order valence-electron chi connectivity index (χ0n) is 18.9. The van der Waals surface area contributed by atoms with Crippen molar-refractivity contribution in [3.63, 3.8) is 0 Å². The molecule has 0 spiro atoms. The van der Waals surface area contributed by atoms with Crippen molar-refractivity contribution >= 4 is 37.5 Å². The molecule has 1 aliphatic heterocycles. The third kappa shape index (κ3) is 4.40. The number of methoxy groups -OCH3 is 1. The maximum absolute atomic E-state index is 13.3. The van der Waals surface area contributed by atoms with Crippen molar-refractivity contribution in [2.75, 3.05) is 13.7 Å². The van der Waals surface area contributed by atoms with Gasteiger partial charge in [0, 0.05) is 13.1 Å². The number of hydrogen-bond acceptors (Lipinski definition) is 5. The van der Waals surface area contributed by atoms with Gasteiger partial charge in [-0.05, 0) is 74.2 Å². The molecule has 1 saturated heterocycles. The Balaban J connectivity index is 1.72. The number of ether oxygens (including phenoxy) is 1. The summed E-state index contributed by atoms with van der Waals surface area (Å²) in [5.74, 6) is 0.127. The van der Waals surface area contributed by atoms with Crippen LogP contribution in [-0.2, 0) is 21.4 Å². The Morgan fingerprint density at radius 1 is 1.24 bits per heavy atom. The molecular formula is C24H27N3O4S2. The van der Waals surface area contributed by atoms with E-state index in [1.54, 1.807) is 18.2 Å². The minimum atomic E-state index is -3.83. The largest absolute Gasteiger partial charge is 0.497 e. The lowest BCUT2D eigenvalue weighted by Crippen LogP contribution is -2.40. The Bertz CT molecular complexity index is 1390. The second-order valence-corrected chi connectivity index (χ2v) is 11.0. The molecule has 1 aliphatic rings. The number of thiazole rings is 1. The minimum Gasteiger partial charge on any atom is -0.497 e. The third-order valence-corrected chi connectivity index (χ3v) is 8.93. The van der Waals surface area contributed by atoms with Crippen LogP contribution in [0.2, 0.25) is 0 Å². The predicted molar refractivity (Wildman–Crippen MR) is 130 cm³/mol. The number of sulfonamides is 1. The molecule has 0 saturated carbocycles. The first-order valence-electron chi connectivity index (χ1n) is 10.7. The second-order valence-electron chi connectivity index (χ2n) is 8.09. The lowest BCUT2D eigenvalue weighted by atomic mass is 10.1. The highest BCUT2D eigenvalue weighted by Gasteiger charge is 2.39. The van der Waals surface area contributed by atoms with Crippen LogP contribution >= 0.6 is 11.3 Å². The van der Waals surface area contributed by atoms with Crippen LogP contribution in [0.3, 0.4) is 0 Å². The van der Waals surface area contributed by atoms with Gasteiger partial charge in [-0.2, -0.15) is 9.30 Å². The molecule has 0 radical (unpaired) electrons. The maximum Gasteiger partial charge on any atom is 0.266 e. The highest BCUT2D eigenvalue weighted by molar-refractivity contribution is 7.89. The molecule has 4 rings (SSSR count). The first kappa shape index (κ1) is 23.4. The number of carbonyl (C=O) groups is 1. The number of fused-ring (bicyclic) bond motifs is 1. The SMILES string of the molecule is C=CCn1c(=NC(=O)C2CCCN2S(=O)(=O)c2ccc(OC)cc2)sc2cc(C)c(C)cc21. The van der Waals surface area contributed by atoms with Crippen LogP contribution in [0.1, 0.15) is 24.0 Å². The molecule has 3 aromatic rings. The zero-order valence-corrected chi connectivity index (χ0v) is 20.6. The summed E-state index contributed by atoms with van der Waals surface area (Å²) in [4.78, 5) is 18.3. The molecule has 0 aliphatic carbocycles. The molecule has 7 nitrogen and oxygen atoms in total. The van der Waals surface area contributed by atoms with Crippen molar-refractivity contribution in [1.29, 1.82) is 0 Å². The molecule has 0 bridgehead atoms. The maximum atomic E-state index is 13.3. The van der Waals surface area contributed by atoms with Crippen LogP contribution in [0.5, 0.6) is 5.75 Å². The Kier molecular flexibility index (Phi) is 6.56. The van der Waals surface area contributed by atoms with Crippen molar-refractivity contribution in [1.82, 2.24) is 8.87 Å². The molecule has 1 unspecified atom stereocenters. The van der Waals surface area contributed by atoms with Crippen molar-refractivity contribution in [3.8, 4) is 5.75 Å². The number of rotatable bonds is 6. The van der Waals surface area contributed by atoms with E-state index in [0.29, 0.717) is 29.9 Å². The third-order valence-electron chi connectivity index (χ3n) is 5.97. The van der Waals surface area contributed by atoms with Crippen LogP contribution < -0.4 is 9.54 Å². The average molecular weight is 486 g/mol. The predicted octanol–water partition coefficient (Wildman–Crippen LogP) is 3.79. The highest BCUT2D eigenvalue weighted by Crippen LogP contribution is 2.28. The molecule has 1 fully saturated rings. The van der Waals surface area contributed by atoms with Gasteiger partial charge in [0.15, 0.2) is 4.80 Å². The Morgan fingerprint density at radius 3 is 2.61 bits per heavy atom. The molecule has 1 amide bonds. The van der Waals surface area contributed by atoms with Crippen molar-refractivity contribution in [3.05, 3.63) is 65.0 Å². The summed E-state index contributed by atoms with van der Waals surface area (Å²) in [6, 6.07) is 9.56. The van der Waals surface area contributed by atoms with Crippen molar-refractivity contribution in [2.24, 2.45) is 4.99 Å². The second kappa shape index (κ2) is 9.24. The van der Waals surface area contributed by atoms with E-state index >= 15 is 0 Å². The van der Waals surface area contributed by atoms with Gasteiger partial charge < -0.3 is 9.30 Å². The number of nitrogens with zero attached hydrogens (tertiary/aromatic N) is 3. The summed E-state index contributed by atoms with van der Waals surface area (Å²) in [6.45, 7) is 8.73. The molecule has 1 aromatic heterocycles. The number of allylic oxidation sites excluding steroid dienone is 1. The first-order chi connectivity index (χ1) is 15.8. The highest BCUT2D eigenvalue weighted by atomic mass is 32.2. The lowest BCUT2D eigenvalue weighted by molar-refractivity contribution is -0.121. The zero-order chi connectivity index (χ0) is 23.8.